The first-order valence-corrected chi connectivity index (χ1v) is 16.3. The molecule has 4 aliphatic carbocycles. The molecule has 7 nitrogen and oxygen atoms in total. The van der Waals surface area contributed by atoms with E-state index in [1.54, 1.807) is 18.3 Å². The van der Waals surface area contributed by atoms with Gasteiger partial charge in [-0.1, -0.05) is 55.4 Å². The van der Waals surface area contributed by atoms with Crippen LogP contribution in [-0.2, 0) is 20.1 Å². The maximum Gasteiger partial charge on any atom is 0.375 e. The number of fused-ring (bicyclic) bond motifs is 6. The molecule has 0 aliphatic heterocycles. The predicted octanol–water partition coefficient (Wildman–Crippen LogP) is 6.69. The van der Waals surface area contributed by atoms with Crippen molar-refractivity contribution >= 4 is 39.4 Å². The SMILES string of the molecule is CC12CCC(=O)C=C1CCC1C2[C@@H](O)CC2(C)C1CC[C@]2(OC(=O)c1ccco1)C(=O)SCc1nccc2ccccc12. The Kier molecular flexibility index (Phi) is 6.93. The second-order valence-corrected chi connectivity index (χ2v) is 14.3. The molecule has 8 heteroatoms. The summed E-state index contributed by atoms with van der Waals surface area (Å²) in [5, 5.41) is 13.8. The normalized spacial score (nSPS) is 35.0. The minimum Gasteiger partial charge on any atom is -0.457 e. The summed E-state index contributed by atoms with van der Waals surface area (Å²) >= 11 is 1.14. The summed E-state index contributed by atoms with van der Waals surface area (Å²) in [5.74, 6) is 0.156. The number of hydrogen-bond acceptors (Lipinski definition) is 8. The van der Waals surface area contributed by atoms with Gasteiger partial charge in [0, 0.05) is 29.2 Å². The molecular weight excluding hydrogens is 562 g/mol. The zero-order valence-corrected chi connectivity index (χ0v) is 25.4. The van der Waals surface area contributed by atoms with Gasteiger partial charge in [0.25, 0.3) is 0 Å². The van der Waals surface area contributed by atoms with Crippen LogP contribution in [0, 0.1) is 28.6 Å². The molecule has 43 heavy (non-hydrogen) atoms. The quantitative estimate of drug-likeness (QED) is 0.324. The van der Waals surface area contributed by atoms with Gasteiger partial charge in [-0.15, -0.1) is 0 Å². The highest BCUT2D eigenvalue weighted by atomic mass is 32.2. The Morgan fingerprint density at radius 2 is 1.93 bits per heavy atom. The average Bonchev–Trinajstić information content (AvgIpc) is 3.63. The van der Waals surface area contributed by atoms with E-state index >= 15 is 0 Å². The third kappa shape index (κ3) is 4.35. The van der Waals surface area contributed by atoms with E-state index < -0.39 is 23.1 Å². The average molecular weight is 600 g/mol. The molecule has 224 valence electrons. The monoisotopic (exact) mass is 599 g/mol. The molecular formula is C35H37NO6S. The first-order chi connectivity index (χ1) is 20.7. The fourth-order valence-electron chi connectivity index (χ4n) is 9.37. The van der Waals surface area contributed by atoms with Gasteiger partial charge in [0.05, 0.1) is 18.1 Å². The summed E-state index contributed by atoms with van der Waals surface area (Å²) in [5.41, 5.74) is -0.475. The number of rotatable bonds is 5. The minimum atomic E-state index is -1.43. The maximum absolute atomic E-state index is 14.5. The van der Waals surface area contributed by atoms with Gasteiger partial charge < -0.3 is 14.3 Å². The van der Waals surface area contributed by atoms with Gasteiger partial charge >= 0.3 is 5.97 Å². The summed E-state index contributed by atoms with van der Waals surface area (Å²) < 4.78 is 11.7. The fraction of sp³-hybridized carbons (Fsp3) is 0.486. The van der Waals surface area contributed by atoms with Crippen molar-refractivity contribution in [1.29, 1.82) is 0 Å². The van der Waals surface area contributed by atoms with E-state index in [0.29, 0.717) is 25.0 Å². The van der Waals surface area contributed by atoms with Crippen molar-refractivity contribution in [1.82, 2.24) is 4.98 Å². The van der Waals surface area contributed by atoms with Crippen molar-refractivity contribution in [3.63, 3.8) is 0 Å². The van der Waals surface area contributed by atoms with E-state index in [0.717, 1.165) is 59.5 Å². The summed E-state index contributed by atoms with van der Waals surface area (Å²) in [6.45, 7) is 4.26. The molecule has 4 aliphatic rings. The number of pyridine rings is 1. The Balaban J connectivity index is 1.24. The molecule has 2 aromatic heterocycles. The third-order valence-corrected chi connectivity index (χ3v) is 12.4. The first-order valence-electron chi connectivity index (χ1n) is 15.3. The van der Waals surface area contributed by atoms with Crippen molar-refractivity contribution in [2.75, 3.05) is 0 Å². The van der Waals surface area contributed by atoms with Gasteiger partial charge in [0.1, 0.15) is 0 Å². The lowest BCUT2D eigenvalue weighted by Crippen LogP contribution is -2.62. The van der Waals surface area contributed by atoms with Crippen LogP contribution in [0.5, 0.6) is 0 Å². The number of esters is 1. The summed E-state index contributed by atoms with van der Waals surface area (Å²) in [7, 11) is 0. The highest BCUT2D eigenvalue weighted by Gasteiger charge is 2.70. The van der Waals surface area contributed by atoms with Crippen LogP contribution in [0.15, 0.2) is 71.0 Å². The van der Waals surface area contributed by atoms with Crippen LogP contribution in [-0.4, -0.2) is 38.7 Å². The maximum atomic E-state index is 14.5. The molecule has 0 spiro atoms. The molecule has 1 aromatic carbocycles. The number of ketones is 1. The van der Waals surface area contributed by atoms with Gasteiger partial charge in [-0.2, -0.15) is 0 Å². The Labute approximate surface area is 255 Å². The van der Waals surface area contributed by atoms with E-state index in [4.69, 9.17) is 9.15 Å². The number of aliphatic hydroxyl groups is 1. The van der Waals surface area contributed by atoms with Crippen LogP contribution in [0.4, 0.5) is 0 Å². The highest BCUT2D eigenvalue weighted by molar-refractivity contribution is 8.13. The number of carbonyl (C=O) groups excluding carboxylic acids is 3. The number of carbonyl (C=O) groups is 3. The molecule has 0 radical (unpaired) electrons. The van der Waals surface area contributed by atoms with Gasteiger partial charge in [-0.3, -0.25) is 14.6 Å². The number of allylic oxidation sites excluding steroid dienone is 1. The molecule has 2 heterocycles. The highest BCUT2D eigenvalue weighted by Crippen LogP contribution is 2.69. The van der Waals surface area contributed by atoms with Crippen LogP contribution in [0.25, 0.3) is 10.8 Å². The molecule has 3 fully saturated rings. The summed E-state index contributed by atoms with van der Waals surface area (Å²) in [6, 6.07) is 13.1. The molecule has 3 aromatic rings. The van der Waals surface area contributed by atoms with Gasteiger partial charge in [-0.25, -0.2) is 4.79 Å². The van der Waals surface area contributed by atoms with E-state index in [2.05, 4.69) is 11.9 Å². The number of aromatic nitrogens is 1. The molecule has 7 rings (SSSR count). The van der Waals surface area contributed by atoms with Crippen molar-refractivity contribution in [3.05, 3.63) is 78.0 Å². The molecule has 3 saturated carbocycles. The molecule has 0 saturated heterocycles. The lowest BCUT2D eigenvalue weighted by Gasteiger charge is -2.60. The summed E-state index contributed by atoms with van der Waals surface area (Å²) in [4.78, 5) is 44.9. The van der Waals surface area contributed by atoms with Crippen molar-refractivity contribution in [3.8, 4) is 0 Å². The number of thioether (sulfide) groups is 1. The van der Waals surface area contributed by atoms with Crippen molar-refractivity contribution < 1.29 is 28.6 Å². The minimum absolute atomic E-state index is 0.00196. The van der Waals surface area contributed by atoms with Crippen molar-refractivity contribution in [2.45, 2.75) is 76.3 Å². The predicted molar refractivity (Wildman–Crippen MR) is 163 cm³/mol. The van der Waals surface area contributed by atoms with Gasteiger partial charge in [0.2, 0.25) is 10.9 Å². The number of ether oxygens (including phenoxy) is 1. The van der Waals surface area contributed by atoms with Gasteiger partial charge in [-0.05, 0) is 91.4 Å². The molecule has 7 atom stereocenters. The van der Waals surface area contributed by atoms with Crippen LogP contribution < -0.4 is 0 Å². The second-order valence-electron chi connectivity index (χ2n) is 13.4. The third-order valence-electron chi connectivity index (χ3n) is 11.4. The van der Waals surface area contributed by atoms with Crippen molar-refractivity contribution in [2.24, 2.45) is 28.6 Å². The molecule has 0 bridgehead atoms. The van der Waals surface area contributed by atoms with Crippen LogP contribution >= 0.6 is 11.8 Å². The fourth-order valence-corrected chi connectivity index (χ4v) is 10.5. The Morgan fingerprint density at radius 3 is 2.74 bits per heavy atom. The zero-order valence-electron chi connectivity index (χ0n) is 24.6. The lowest BCUT2D eigenvalue weighted by molar-refractivity contribution is -0.176. The van der Waals surface area contributed by atoms with Crippen LogP contribution in [0.1, 0.15) is 75.0 Å². The van der Waals surface area contributed by atoms with Gasteiger partial charge in [0.15, 0.2) is 11.4 Å². The van der Waals surface area contributed by atoms with Crippen LogP contribution in [0.2, 0.25) is 0 Å². The summed E-state index contributed by atoms with van der Waals surface area (Å²) in [6.07, 6.45) is 8.68. The number of furan rings is 1. The smallest absolute Gasteiger partial charge is 0.375 e. The number of hydrogen-bond donors (Lipinski definition) is 1. The van der Waals surface area contributed by atoms with E-state index in [1.165, 1.54) is 6.26 Å². The Hall–Kier alpha value is -3.23. The lowest BCUT2D eigenvalue weighted by atomic mass is 9.45. The molecule has 1 N–H and O–H groups in total. The van der Waals surface area contributed by atoms with Crippen LogP contribution in [0.3, 0.4) is 0 Å². The largest absolute Gasteiger partial charge is 0.457 e. The molecule has 0 amide bonds. The number of benzene rings is 1. The number of nitrogens with zero attached hydrogens (tertiary/aromatic N) is 1. The number of aliphatic hydroxyl groups excluding tert-OH is 1. The van der Waals surface area contributed by atoms with E-state index in [9.17, 15) is 19.5 Å². The standard InChI is InChI=1S/C35H37NO6S/c1-33-14-11-23(37)18-22(33)9-10-25-26-12-15-35(34(26,2)19-28(38)30(25)33,42-31(39)29-8-5-17-41-29)32(40)43-20-27-24-7-4-3-6-21(24)13-16-36-27/h3-8,13,16-18,25-26,28,30,38H,9-12,14-15,19-20H2,1-2H3/t25?,26?,28-,30?,33?,34?,35-/m0/s1. The van der Waals surface area contributed by atoms with E-state index in [1.807, 2.05) is 43.3 Å². The Morgan fingerprint density at radius 1 is 1.09 bits per heavy atom. The topological polar surface area (TPSA) is 107 Å². The Bertz CT molecular complexity index is 1630. The molecule has 5 unspecified atom stereocenters. The van der Waals surface area contributed by atoms with E-state index in [-0.39, 0.29) is 39.8 Å². The zero-order chi connectivity index (χ0) is 30.0. The second kappa shape index (κ2) is 10.4. The first kappa shape index (κ1) is 28.5.